The van der Waals surface area contributed by atoms with Crippen LogP contribution in [0.3, 0.4) is 0 Å². The molecule has 17 heavy (non-hydrogen) atoms. The first-order valence-corrected chi connectivity index (χ1v) is 6.53. The van der Waals surface area contributed by atoms with Gasteiger partial charge in [-0.1, -0.05) is 13.0 Å². The van der Waals surface area contributed by atoms with E-state index < -0.39 is 21.6 Å². The fourth-order valence-corrected chi connectivity index (χ4v) is 2.33. The molecule has 0 aliphatic rings. The van der Waals surface area contributed by atoms with Gasteiger partial charge in [0.15, 0.2) is 9.84 Å². The maximum atomic E-state index is 11.6. The lowest BCUT2D eigenvalue weighted by Crippen LogP contribution is -2.09. The summed E-state index contributed by atoms with van der Waals surface area (Å²) in [5.74, 6) is -1.83. The zero-order chi connectivity index (χ0) is 13.1. The minimum Gasteiger partial charge on any atom is -0.478 e. The van der Waals surface area contributed by atoms with Crippen LogP contribution in [-0.4, -0.2) is 25.2 Å². The van der Waals surface area contributed by atoms with Crippen molar-refractivity contribution in [3.05, 3.63) is 29.3 Å². The van der Waals surface area contributed by atoms with E-state index in [0.29, 0.717) is 12.0 Å². The van der Waals surface area contributed by atoms with Gasteiger partial charge < -0.3 is 5.11 Å². The van der Waals surface area contributed by atoms with Crippen LogP contribution in [0.15, 0.2) is 23.1 Å². The molecule has 6 heteroatoms. The maximum absolute atomic E-state index is 11.6. The highest BCUT2D eigenvalue weighted by molar-refractivity contribution is 7.91. The van der Waals surface area contributed by atoms with Crippen LogP contribution < -0.4 is 0 Å². The largest absolute Gasteiger partial charge is 0.478 e. The Labute approximate surface area is 99.2 Å². The number of rotatable bonds is 4. The van der Waals surface area contributed by atoms with Crippen molar-refractivity contribution < 1.29 is 18.3 Å². The lowest BCUT2D eigenvalue weighted by atomic mass is 10.1. The summed E-state index contributed by atoms with van der Waals surface area (Å²) in [6.45, 7) is 1.78. The van der Waals surface area contributed by atoms with Crippen LogP contribution >= 0.6 is 0 Å². The first kappa shape index (κ1) is 13.2. The van der Waals surface area contributed by atoms with Gasteiger partial charge in [0.2, 0.25) is 0 Å². The molecule has 0 atom stereocenters. The third-order valence-electron chi connectivity index (χ3n) is 2.31. The number of aryl methyl sites for hydroxylation is 1. The number of benzene rings is 1. The standard InChI is InChI=1S/C11H11NO4S/c1-2-8-3-4-9(7-10(8)11(13)14)17(15,16)6-5-12/h3-4,7H,2,6H2,1H3,(H,13,14). The molecule has 0 aromatic heterocycles. The number of nitriles is 1. The zero-order valence-electron chi connectivity index (χ0n) is 9.17. The average Bonchev–Trinajstić information content (AvgIpc) is 2.28. The summed E-state index contributed by atoms with van der Waals surface area (Å²) in [7, 11) is -3.72. The van der Waals surface area contributed by atoms with Crippen molar-refractivity contribution in [2.24, 2.45) is 0 Å². The van der Waals surface area contributed by atoms with E-state index in [1.54, 1.807) is 13.0 Å². The van der Waals surface area contributed by atoms with E-state index in [9.17, 15) is 13.2 Å². The van der Waals surface area contributed by atoms with Crippen molar-refractivity contribution in [3.63, 3.8) is 0 Å². The number of carboxylic acids is 1. The van der Waals surface area contributed by atoms with Crippen molar-refractivity contribution in [1.82, 2.24) is 0 Å². The summed E-state index contributed by atoms with van der Waals surface area (Å²) in [6.07, 6.45) is 0.500. The summed E-state index contributed by atoms with van der Waals surface area (Å²) in [5.41, 5.74) is 0.528. The van der Waals surface area contributed by atoms with Crippen LogP contribution in [-0.2, 0) is 16.3 Å². The lowest BCUT2D eigenvalue weighted by Gasteiger charge is -2.06. The predicted octanol–water partition coefficient (Wildman–Crippen LogP) is 1.24. The summed E-state index contributed by atoms with van der Waals surface area (Å²) in [5, 5.41) is 17.4. The normalized spacial score (nSPS) is 10.8. The number of aromatic carboxylic acids is 1. The highest BCUT2D eigenvalue weighted by Gasteiger charge is 2.18. The van der Waals surface area contributed by atoms with Crippen molar-refractivity contribution >= 4 is 15.8 Å². The Hall–Kier alpha value is -1.87. The van der Waals surface area contributed by atoms with Gasteiger partial charge in [0.05, 0.1) is 16.5 Å². The molecule has 0 aliphatic carbocycles. The molecule has 0 aliphatic heterocycles. The molecular formula is C11H11NO4S. The Bertz CT molecular complexity index is 584. The highest BCUT2D eigenvalue weighted by Crippen LogP contribution is 2.18. The molecule has 0 amide bonds. The van der Waals surface area contributed by atoms with Crippen LogP contribution in [0.25, 0.3) is 0 Å². The van der Waals surface area contributed by atoms with Gasteiger partial charge in [-0.2, -0.15) is 5.26 Å². The van der Waals surface area contributed by atoms with E-state index in [4.69, 9.17) is 10.4 Å². The van der Waals surface area contributed by atoms with Crippen LogP contribution in [0.4, 0.5) is 0 Å². The molecule has 0 radical (unpaired) electrons. The quantitative estimate of drug-likeness (QED) is 0.871. The number of carboxylic acid groups (broad SMARTS) is 1. The zero-order valence-corrected chi connectivity index (χ0v) is 9.99. The van der Waals surface area contributed by atoms with Gasteiger partial charge in [-0.05, 0) is 24.1 Å². The van der Waals surface area contributed by atoms with Crippen molar-refractivity contribution in [2.45, 2.75) is 18.2 Å². The molecule has 5 nitrogen and oxygen atoms in total. The topological polar surface area (TPSA) is 95.2 Å². The van der Waals surface area contributed by atoms with Gasteiger partial charge in [-0.15, -0.1) is 0 Å². The number of hydrogen-bond acceptors (Lipinski definition) is 4. The molecule has 1 aromatic carbocycles. The average molecular weight is 253 g/mol. The minimum atomic E-state index is -3.72. The number of nitrogens with zero attached hydrogens (tertiary/aromatic N) is 1. The first-order chi connectivity index (χ1) is 7.92. The molecule has 0 fully saturated rings. The molecule has 0 heterocycles. The van der Waals surface area contributed by atoms with Crippen LogP contribution in [0, 0.1) is 11.3 Å². The Morgan fingerprint density at radius 1 is 1.47 bits per heavy atom. The van der Waals surface area contributed by atoms with Gasteiger partial charge in [-0.3, -0.25) is 0 Å². The summed E-state index contributed by atoms with van der Waals surface area (Å²) in [4.78, 5) is 10.8. The summed E-state index contributed by atoms with van der Waals surface area (Å²) >= 11 is 0. The third-order valence-corrected chi connectivity index (χ3v) is 3.79. The van der Waals surface area contributed by atoms with Gasteiger partial charge in [0.1, 0.15) is 5.75 Å². The fourth-order valence-electron chi connectivity index (χ4n) is 1.42. The molecular weight excluding hydrogens is 242 g/mol. The molecule has 0 unspecified atom stereocenters. The Morgan fingerprint density at radius 3 is 2.59 bits per heavy atom. The van der Waals surface area contributed by atoms with Gasteiger partial charge in [0.25, 0.3) is 0 Å². The monoisotopic (exact) mass is 253 g/mol. The van der Waals surface area contributed by atoms with E-state index in [0.717, 1.165) is 6.07 Å². The number of carbonyl (C=O) groups is 1. The lowest BCUT2D eigenvalue weighted by molar-refractivity contribution is 0.0695. The molecule has 0 saturated heterocycles. The molecule has 90 valence electrons. The van der Waals surface area contributed by atoms with Crippen molar-refractivity contribution in [2.75, 3.05) is 5.75 Å². The minimum absolute atomic E-state index is 0.0356. The van der Waals surface area contributed by atoms with Crippen LogP contribution in [0.5, 0.6) is 0 Å². The van der Waals surface area contributed by atoms with Crippen molar-refractivity contribution in [1.29, 1.82) is 5.26 Å². The summed E-state index contributed by atoms with van der Waals surface area (Å²) in [6, 6.07) is 5.45. The van der Waals surface area contributed by atoms with Gasteiger partial charge in [0, 0.05) is 0 Å². The molecule has 0 saturated carbocycles. The van der Waals surface area contributed by atoms with E-state index >= 15 is 0 Å². The van der Waals surface area contributed by atoms with Gasteiger partial charge >= 0.3 is 5.97 Å². The number of sulfone groups is 1. The predicted molar refractivity (Wildman–Crippen MR) is 60.4 cm³/mol. The fraction of sp³-hybridized carbons (Fsp3) is 0.273. The van der Waals surface area contributed by atoms with Gasteiger partial charge in [-0.25, -0.2) is 13.2 Å². The van der Waals surface area contributed by atoms with E-state index in [2.05, 4.69) is 0 Å². The Morgan fingerprint density at radius 2 is 2.12 bits per heavy atom. The Kier molecular flexibility index (Phi) is 3.86. The molecule has 0 spiro atoms. The van der Waals surface area contributed by atoms with E-state index in [-0.39, 0.29) is 10.5 Å². The molecule has 1 N–H and O–H groups in total. The molecule has 0 bridgehead atoms. The van der Waals surface area contributed by atoms with E-state index in [1.165, 1.54) is 12.1 Å². The molecule has 1 aromatic rings. The highest BCUT2D eigenvalue weighted by atomic mass is 32.2. The van der Waals surface area contributed by atoms with Crippen LogP contribution in [0.1, 0.15) is 22.8 Å². The third kappa shape index (κ3) is 2.82. The number of hydrogen-bond donors (Lipinski definition) is 1. The second kappa shape index (κ2) is 4.97. The molecule has 1 rings (SSSR count). The van der Waals surface area contributed by atoms with Crippen molar-refractivity contribution in [3.8, 4) is 6.07 Å². The second-order valence-electron chi connectivity index (χ2n) is 3.39. The van der Waals surface area contributed by atoms with E-state index in [1.807, 2.05) is 0 Å². The maximum Gasteiger partial charge on any atom is 0.336 e. The SMILES string of the molecule is CCc1ccc(S(=O)(=O)CC#N)cc1C(=O)O. The first-order valence-electron chi connectivity index (χ1n) is 4.88. The van der Waals surface area contributed by atoms with Crippen LogP contribution in [0.2, 0.25) is 0 Å². The smallest absolute Gasteiger partial charge is 0.336 e. The Balaban J connectivity index is 3.37. The summed E-state index contributed by atoms with van der Waals surface area (Å²) < 4.78 is 23.2. The second-order valence-corrected chi connectivity index (χ2v) is 5.38.